The maximum Gasteiger partial charge on any atom is 0.263 e. The van der Waals surface area contributed by atoms with E-state index in [4.69, 9.17) is 0 Å². The van der Waals surface area contributed by atoms with E-state index < -0.39 is 6.04 Å². The van der Waals surface area contributed by atoms with E-state index in [0.717, 1.165) is 29.7 Å². The monoisotopic (exact) mass is 465 g/mol. The van der Waals surface area contributed by atoms with E-state index >= 15 is 0 Å². The van der Waals surface area contributed by atoms with Crippen LogP contribution in [-0.4, -0.2) is 36.0 Å². The summed E-state index contributed by atoms with van der Waals surface area (Å²) >= 11 is 0. The van der Waals surface area contributed by atoms with Crippen molar-refractivity contribution >= 4 is 17.5 Å². The third-order valence-corrected chi connectivity index (χ3v) is 7.36. The molecule has 2 aromatic carbocycles. The van der Waals surface area contributed by atoms with Crippen LogP contribution in [-0.2, 0) is 16.0 Å². The van der Waals surface area contributed by atoms with Gasteiger partial charge in [0.05, 0.1) is 11.6 Å². The molecule has 2 aromatic rings. The summed E-state index contributed by atoms with van der Waals surface area (Å²) in [6, 6.07) is 13.8. The average Bonchev–Trinajstić information content (AvgIpc) is 3.27. The maximum absolute atomic E-state index is 13.9. The van der Waals surface area contributed by atoms with Gasteiger partial charge < -0.3 is 5.32 Å². The van der Waals surface area contributed by atoms with E-state index in [1.807, 2.05) is 49.2 Å². The number of benzene rings is 2. The minimum atomic E-state index is -0.578. The van der Waals surface area contributed by atoms with Crippen molar-refractivity contribution in [2.75, 3.05) is 18.1 Å². The molecule has 34 heavy (non-hydrogen) atoms. The minimum absolute atomic E-state index is 0.0844. The van der Waals surface area contributed by atoms with Gasteiger partial charge in [-0.05, 0) is 61.9 Å². The second-order valence-electron chi connectivity index (χ2n) is 9.63. The first-order valence-corrected chi connectivity index (χ1v) is 12.7. The van der Waals surface area contributed by atoms with E-state index in [0.29, 0.717) is 31.8 Å². The van der Waals surface area contributed by atoms with Crippen molar-refractivity contribution in [3.05, 3.63) is 65.5 Å². The van der Waals surface area contributed by atoms with Crippen LogP contribution in [0.3, 0.4) is 0 Å². The molecule has 1 heterocycles. The largest absolute Gasteiger partial charge is 0.344 e. The quantitative estimate of drug-likeness (QED) is 0.582. The SMILES string of the molecule is CCN(C(=O)C(CC1CCCCC1)NC(=O)C(C)c1ccccc1)N1CCc2cc(F)ccc21. The number of fused-ring (bicyclic) bond motifs is 1. The number of rotatable bonds is 8. The van der Waals surface area contributed by atoms with Crippen molar-refractivity contribution in [1.29, 1.82) is 0 Å². The van der Waals surface area contributed by atoms with Crippen LogP contribution in [0.1, 0.15) is 69.4 Å². The molecule has 1 fully saturated rings. The standard InChI is InChI=1S/C28H36FN3O2/c1-3-31(32-17-16-23-19-24(29)14-15-26(23)32)28(34)25(18-21-10-6-4-7-11-21)30-27(33)20(2)22-12-8-5-9-13-22/h5,8-9,12-15,19-21,25H,3-4,6-7,10-11,16-18H2,1-2H3,(H,30,33). The molecule has 0 spiro atoms. The lowest BCUT2D eigenvalue weighted by Gasteiger charge is -2.37. The number of anilines is 1. The van der Waals surface area contributed by atoms with E-state index in [9.17, 15) is 14.0 Å². The first-order chi connectivity index (χ1) is 16.5. The van der Waals surface area contributed by atoms with Crippen LogP contribution < -0.4 is 10.3 Å². The molecule has 4 rings (SSSR count). The van der Waals surface area contributed by atoms with Crippen molar-refractivity contribution < 1.29 is 14.0 Å². The fourth-order valence-corrected chi connectivity index (χ4v) is 5.40. The molecule has 0 bridgehead atoms. The highest BCUT2D eigenvalue weighted by Gasteiger charge is 2.34. The molecular weight excluding hydrogens is 429 g/mol. The Morgan fingerprint density at radius 2 is 1.85 bits per heavy atom. The fraction of sp³-hybridized carbons (Fsp3) is 0.500. The van der Waals surface area contributed by atoms with Gasteiger partial charge in [-0.25, -0.2) is 4.39 Å². The van der Waals surface area contributed by atoms with Crippen LogP contribution in [0, 0.1) is 11.7 Å². The summed E-state index contributed by atoms with van der Waals surface area (Å²) in [4.78, 5) is 27.1. The summed E-state index contributed by atoms with van der Waals surface area (Å²) in [5, 5.41) is 6.81. The van der Waals surface area contributed by atoms with Gasteiger partial charge in [-0.1, -0.05) is 62.4 Å². The van der Waals surface area contributed by atoms with Gasteiger partial charge in [0, 0.05) is 13.1 Å². The summed E-state index contributed by atoms with van der Waals surface area (Å²) < 4.78 is 13.7. The van der Waals surface area contributed by atoms with Gasteiger partial charge in [0.25, 0.3) is 5.91 Å². The first kappa shape index (κ1) is 24.2. The Labute approximate surface area is 202 Å². The predicted molar refractivity (Wildman–Crippen MR) is 133 cm³/mol. The molecule has 5 nitrogen and oxygen atoms in total. The molecule has 0 aromatic heterocycles. The summed E-state index contributed by atoms with van der Waals surface area (Å²) in [7, 11) is 0. The van der Waals surface area contributed by atoms with Crippen LogP contribution in [0.2, 0.25) is 0 Å². The van der Waals surface area contributed by atoms with Crippen LogP contribution in [0.5, 0.6) is 0 Å². The number of hydrogen-bond donors (Lipinski definition) is 1. The molecule has 6 heteroatoms. The number of hydrazine groups is 1. The van der Waals surface area contributed by atoms with E-state index in [1.54, 1.807) is 17.1 Å². The number of likely N-dealkylation sites (N-methyl/N-ethyl adjacent to an activating group) is 1. The summed E-state index contributed by atoms with van der Waals surface area (Å²) in [6.45, 7) is 4.95. The number of carbonyl (C=O) groups is 2. The lowest BCUT2D eigenvalue weighted by molar-refractivity contribution is -0.137. The maximum atomic E-state index is 13.9. The van der Waals surface area contributed by atoms with Gasteiger partial charge in [-0.3, -0.25) is 19.6 Å². The van der Waals surface area contributed by atoms with Crippen molar-refractivity contribution in [3.63, 3.8) is 0 Å². The summed E-state index contributed by atoms with van der Waals surface area (Å²) in [5.41, 5.74) is 2.72. The summed E-state index contributed by atoms with van der Waals surface area (Å²) in [5.74, 6) is -0.367. The summed E-state index contributed by atoms with van der Waals surface area (Å²) in [6.07, 6.45) is 7.17. The number of halogens is 1. The third kappa shape index (κ3) is 5.43. The van der Waals surface area contributed by atoms with Gasteiger partial charge >= 0.3 is 0 Å². The second-order valence-corrected chi connectivity index (χ2v) is 9.63. The van der Waals surface area contributed by atoms with Crippen molar-refractivity contribution in [2.45, 2.75) is 70.8 Å². The number of nitrogens with zero attached hydrogens (tertiary/aromatic N) is 2. The zero-order valence-electron chi connectivity index (χ0n) is 20.3. The van der Waals surface area contributed by atoms with Crippen LogP contribution in [0.25, 0.3) is 0 Å². The Bertz CT molecular complexity index is 990. The number of amides is 2. The Morgan fingerprint density at radius 3 is 2.56 bits per heavy atom. The molecule has 2 amide bonds. The Morgan fingerprint density at radius 1 is 1.12 bits per heavy atom. The Balaban J connectivity index is 1.54. The highest BCUT2D eigenvalue weighted by Crippen LogP contribution is 2.32. The van der Waals surface area contributed by atoms with Crippen LogP contribution >= 0.6 is 0 Å². The van der Waals surface area contributed by atoms with Gasteiger partial charge in [-0.15, -0.1) is 0 Å². The van der Waals surface area contributed by atoms with Crippen molar-refractivity contribution in [3.8, 4) is 0 Å². The van der Waals surface area contributed by atoms with Gasteiger partial charge in [0.1, 0.15) is 11.9 Å². The minimum Gasteiger partial charge on any atom is -0.344 e. The molecule has 2 aliphatic rings. The Hall–Kier alpha value is -2.89. The predicted octanol–water partition coefficient (Wildman–Crippen LogP) is 5.21. The highest BCUT2D eigenvalue weighted by atomic mass is 19.1. The molecule has 1 aliphatic heterocycles. The van der Waals surface area contributed by atoms with Gasteiger partial charge in [0.15, 0.2) is 0 Å². The number of nitrogens with one attached hydrogen (secondary N) is 1. The van der Waals surface area contributed by atoms with Crippen molar-refractivity contribution in [1.82, 2.24) is 10.3 Å². The van der Waals surface area contributed by atoms with Crippen LogP contribution in [0.4, 0.5) is 10.1 Å². The first-order valence-electron chi connectivity index (χ1n) is 12.7. The highest BCUT2D eigenvalue weighted by molar-refractivity contribution is 5.91. The molecule has 1 aliphatic carbocycles. The van der Waals surface area contributed by atoms with E-state index in [2.05, 4.69) is 5.32 Å². The number of carbonyl (C=O) groups excluding carboxylic acids is 2. The zero-order valence-corrected chi connectivity index (χ0v) is 20.3. The van der Waals surface area contributed by atoms with E-state index in [-0.39, 0.29) is 23.5 Å². The molecular formula is C28H36FN3O2. The average molecular weight is 466 g/mol. The van der Waals surface area contributed by atoms with Gasteiger partial charge in [0.2, 0.25) is 5.91 Å². The molecule has 2 atom stereocenters. The normalized spacial score (nSPS) is 17.7. The molecule has 182 valence electrons. The second kappa shape index (κ2) is 11.0. The zero-order chi connectivity index (χ0) is 24.1. The lowest BCUT2D eigenvalue weighted by Crippen LogP contribution is -2.55. The van der Waals surface area contributed by atoms with Crippen LogP contribution in [0.15, 0.2) is 48.5 Å². The molecule has 0 radical (unpaired) electrons. The molecule has 2 unspecified atom stereocenters. The van der Waals surface area contributed by atoms with Gasteiger partial charge in [-0.2, -0.15) is 0 Å². The van der Waals surface area contributed by atoms with E-state index in [1.165, 1.54) is 25.3 Å². The smallest absolute Gasteiger partial charge is 0.263 e. The molecule has 1 N–H and O–H groups in total. The molecule has 0 saturated heterocycles. The number of hydrogen-bond acceptors (Lipinski definition) is 3. The molecule has 1 saturated carbocycles. The lowest BCUT2D eigenvalue weighted by atomic mass is 9.84. The van der Waals surface area contributed by atoms with Crippen molar-refractivity contribution in [2.24, 2.45) is 5.92 Å². The Kier molecular flexibility index (Phi) is 7.86. The third-order valence-electron chi connectivity index (χ3n) is 7.36. The fourth-order valence-electron chi connectivity index (χ4n) is 5.40. The topological polar surface area (TPSA) is 52.7 Å².